The minimum Gasteiger partial charge on any atom is -0.327 e. The Morgan fingerprint density at radius 2 is 0.942 bits per heavy atom. The van der Waals surface area contributed by atoms with Gasteiger partial charge in [0.15, 0.2) is 0 Å². The second kappa shape index (κ2) is 38.7. The molecule has 1 aliphatic heterocycles. The number of nitrogens with one attached hydrogen (secondary N) is 2. The number of carbonyl (C=O) groups excluding carboxylic acids is 2. The Balaban J connectivity index is 1.20. The standard InChI is InChI=1S/C80H116Br2N2O2/c1-5-8-10-12-14-16-30-34-38-42-55-79(56-43-39-35-31-17-15-13-11-9-6-2)71(67(46-7-3)69-51-48-65(81)60-73(69)79)53-54-75-63(4)76(78(86)84-75)77(83-62-85)64-47-50-68-70-52-49-66(82)61-74(70)80(72(68)59-64)57-44-40-36-32-28-26-24-22-20-18-19-21-23-25-27-29-33-37-41-45-58-80/h7,46-53,59-62H,3,5-6,8-45,54-58H2,1-2,4H3,(H,83,85)(H,84,86)/b67-46-,71-53+,77-76+. The first-order valence-corrected chi connectivity index (χ1v) is 37.6. The monoisotopic (exact) mass is 1290 g/mol. The topological polar surface area (TPSA) is 58.2 Å². The Bertz CT molecular complexity index is 2650. The van der Waals surface area contributed by atoms with Gasteiger partial charge in [-0.15, -0.1) is 0 Å². The Hall–Kier alpha value is -3.74. The van der Waals surface area contributed by atoms with Crippen molar-refractivity contribution in [1.29, 1.82) is 0 Å². The molecule has 0 bridgehead atoms. The van der Waals surface area contributed by atoms with Gasteiger partial charge in [-0.1, -0.05) is 352 Å². The number of halogens is 2. The number of rotatable bonds is 28. The molecule has 86 heavy (non-hydrogen) atoms. The Labute approximate surface area is 542 Å². The van der Waals surface area contributed by atoms with Crippen molar-refractivity contribution in [2.24, 2.45) is 0 Å². The summed E-state index contributed by atoms with van der Waals surface area (Å²) in [6.07, 6.45) is 65.7. The largest absolute Gasteiger partial charge is 0.327 e. The van der Waals surface area contributed by atoms with E-state index in [2.05, 4.69) is 137 Å². The highest BCUT2D eigenvalue weighted by Gasteiger charge is 2.46. The van der Waals surface area contributed by atoms with Crippen molar-refractivity contribution in [2.75, 3.05) is 0 Å². The first kappa shape index (κ1) is 69.7. The molecule has 472 valence electrons. The minimum atomic E-state index is -0.157. The molecule has 3 aliphatic carbocycles. The average molecular weight is 1300 g/mol. The van der Waals surface area contributed by atoms with Crippen molar-refractivity contribution in [1.82, 2.24) is 10.6 Å². The van der Waals surface area contributed by atoms with Crippen LogP contribution >= 0.6 is 31.9 Å². The van der Waals surface area contributed by atoms with Gasteiger partial charge in [0, 0.05) is 31.9 Å². The van der Waals surface area contributed by atoms with Gasteiger partial charge in [-0.2, -0.15) is 0 Å². The highest BCUT2D eigenvalue weighted by Crippen LogP contribution is 2.58. The molecule has 0 saturated heterocycles. The number of fused-ring (bicyclic) bond motifs is 6. The number of hydrogen-bond donors (Lipinski definition) is 2. The molecule has 1 saturated carbocycles. The number of hydrogen-bond acceptors (Lipinski definition) is 2. The summed E-state index contributed by atoms with van der Waals surface area (Å²) in [6.45, 7) is 11.0. The first-order valence-electron chi connectivity index (χ1n) is 36.0. The van der Waals surface area contributed by atoms with Gasteiger partial charge in [0.2, 0.25) is 6.41 Å². The molecule has 1 heterocycles. The van der Waals surface area contributed by atoms with E-state index in [1.165, 1.54) is 301 Å². The molecule has 4 nitrogen and oxygen atoms in total. The summed E-state index contributed by atoms with van der Waals surface area (Å²) in [5.41, 5.74) is 14.4. The summed E-state index contributed by atoms with van der Waals surface area (Å²) in [7, 11) is 0. The quantitative estimate of drug-likeness (QED) is 0.0432. The predicted octanol–water partition coefficient (Wildman–Crippen LogP) is 25.4. The van der Waals surface area contributed by atoms with Crippen molar-refractivity contribution in [2.45, 2.75) is 321 Å². The molecular formula is C80H116Br2N2O2. The van der Waals surface area contributed by atoms with E-state index in [-0.39, 0.29) is 16.7 Å². The molecule has 2 N–H and O–H groups in total. The fourth-order valence-electron chi connectivity index (χ4n) is 15.8. The van der Waals surface area contributed by atoms with E-state index in [1.54, 1.807) is 0 Å². The highest BCUT2D eigenvalue weighted by molar-refractivity contribution is 9.10. The number of unbranched alkanes of at least 4 members (excludes halogenated alkanes) is 18. The fraction of sp³-hybridized carbons (Fsp3) is 0.625. The zero-order valence-corrected chi connectivity index (χ0v) is 57.8. The molecule has 3 aromatic carbocycles. The number of benzene rings is 3. The summed E-state index contributed by atoms with van der Waals surface area (Å²) < 4.78 is 2.26. The fourth-order valence-corrected chi connectivity index (χ4v) is 16.5. The molecule has 0 aromatic heterocycles. The van der Waals surface area contributed by atoms with Crippen molar-refractivity contribution in [3.8, 4) is 11.1 Å². The third-order valence-electron chi connectivity index (χ3n) is 20.6. The molecule has 0 atom stereocenters. The number of allylic oxidation sites excluding steroid dienone is 5. The second-order valence-electron chi connectivity index (χ2n) is 26.9. The third-order valence-corrected chi connectivity index (χ3v) is 21.6. The van der Waals surface area contributed by atoms with Gasteiger partial charge in [0.25, 0.3) is 5.91 Å². The van der Waals surface area contributed by atoms with E-state index in [1.807, 2.05) is 6.08 Å². The zero-order chi connectivity index (χ0) is 60.7. The van der Waals surface area contributed by atoms with Crippen LogP contribution in [0.1, 0.15) is 338 Å². The van der Waals surface area contributed by atoms with Gasteiger partial charge in [-0.3, -0.25) is 9.59 Å². The van der Waals surface area contributed by atoms with Crippen LogP contribution in [0, 0.1) is 0 Å². The van der Waals surface area contributed by atoms with Gasteiger partial charge >= 0.3 is 0 Å². The van der Waals surface area contributed by atoms with E-state index in [0.717, 1.165) is 57.9 Å². The van der Waals surface area contributed by atoms with Crippen LogP contribution in [-0.2, 0) is 20.4 Å². The molecule has 1 fully saturated rings. The van der Waals surface area contributed by atoms with Crippen molar-refractivity contribution < 1.29 is 9.59 Å². The van der Waals surface area contributed by atoms with E-state index >= 15 is 0 Å². The van der Waals surface area contributed by atoms with Crippen LogP contribution in [0.4, 0.5) is 0 Å². The first-order chi connectivity index (χ1) is 42.2. The molecule has 6 heteroatoms. The van der Waals surface area contributed by atoms with Crippen LogP contribution in [0.25, 0.3) is 22.4 Å². The molecule has 0 radical (unpaired) electrons. The maximum absolute atomic E-state index is 14.8. The summed E-state index contributed by atoms with van der Waals surface area (Å²) >= 11 is 7.90. The van der Waals surface area contributed by atoms with E-state index < -0.39 is 0 Å². The normalized spacial score (nSPS) is 19.6. The van der Waals surface area contributed by atoms with Crippen LogP contribution in [0.2, 0.25) is 0 Å². The summed E-state index contributed by atoms with van der Waals surface area (Å²) in [5.74, 6) is -0.144. The van der Waals surface area contributed by atoms with Gasteiger partial charge in [-0.05, 0) is 119 Å². The van der Waals surface area contributed by atoms with Gasteiger partial charge in [-0.25, -0.2) is 0 Å². The lowest BCUT2D eigenvalue weighted by molar-refractivity contribution is -0.116. The van der Waals surface area contributed by atoms with Gasteiger partial charge < -0.3 is 10.6 Å². The highest BCUT2D eigenvalue weighted by atomic mass is 79.9. The van der Waals surface area contributed by atoms with Crippen molar-refractivity contribution in [3.63, 3.8) is 0 Å². The van der Waals surface area contributed by atoms with Crippen LogP contribution < -0.4 is 10.6 Å². The van der Waals surface area contributed by atoms with E-state index in [4.69, 9.17) is 0 Å². The second-order valence-corrected chi connectivity index (χ2v) is 28.8. The lowest BCUT2D eigenvalue weighted by Gasteiger charge is -2.34. The van der Waals surface area contributed by atoms with Crippen molar-refractivity contribution >= 4 is 55.4 Å². The third kappa shape index (κ3) is 19.9. The van der Waals surface area contributed by atoms with Gasteiger partial charge in [0.1, 0.15) is 0 Å². The molecule has 3 aromatic rings. The predicted molar refractivity (Wildman–Crippen MR) is 379 cm³/mol. The molecule has 7 rings (SSSR count). The smallest absolute Gasteiger partial charge is 0.257 e. The van der Waals surface area contributed by atoms with Crippen LogP contribution in [0.15, 0.2) is 111 Å². The Kier molecular flexibility index (Phi) is 31.4. The van der Waals surface area contributed by atoms with Crippen LogP contribution in [0.3, 0.4) is 0 Å². The average Bonchev–Trinajstić information content (AvgIpc) is 1.66. The van der Waals surface area contributed by atoms with Crippen LogP contribution in [0.5, 0.6) is 0 Å². The Morgan fingerprint density at radius 3 is 1.40 bits per heavy atom. The lowest BCUT2D eigenvalue weighted by atomic mass is 9.70. The molecule has 0 unspecified atom stereocenters. The van der Waals surface area contributed by atoms with E-state index in [9.17, 15) is 9.59 Å². The Morgan fingerprint density at radius 1 is 0.535 bits per heavy atom. The molecule has 1 spiro atoms. The van der Waals surface area contributed by atoms with Crippen LogP contribution in [-0.4, -0.2) is 12.3 Å². The van der Waals surface area contributed by atoms with Crippen molar-refractivity contribution in [3.05, 3.63) is 139 Å². The van der Waals surface area contributed by atoms with E-state index in [0.29, 0.717) is 17.7 Å². The lowest BCUT2D eigenvalue weighted by Crippen LogP contribution is -2.26. The maximum Gasteiger partial charge on any atom is 0.257 e. The number of amides is 2. The maximum atomic E-state index is 14.8. The molecule has 4 aliphatic rings. The minimum absolute atomic E-state index is 0.144. The molecular weight excluding hydrogens is 1180 g/mol. The van der Waals surface area contributed by atoms with Gasteiger partial charge in [0.05, 0.1) is 11.3 Å². The summed E-state index contributed by atoms with van der Waals surface area (Å²) in [4.78, 5) is 27.7. The summed E-state index contributed by atoms with van der Waals surface area (Å²) in [6, 6.07) is 20.8. The zero-order valence-electron chi connectivity index (χ0n) is 54.6. The SMILES string of the molecule is C=C/C=C1\C(=C/CC2=C(C)/C(=C(\NC=O)c3ccc4c(c3)C3(CCCCCCCCCCCCCCCCCCCCCC3)c3cc(Br)ccc3-4)C(=O)N2)C(CCCCCCCCCCCC)(CCCCCCCCCCCC)c2cc(Br)ccc21. The summed E-state index contributed by atoms with van der Waals surface area (Å²) in [5, 5.41) is 6.56. The molecule has 2 amide bonds. The number of carbonyl (C=O) groups is 2.